The topological polar surface area (TPSA) is 101 Å². The molecule has 1 amide bonds. The van der Waals surface area contributed by atoms with Crippen molar-refractivity contribution in [2.45, 2.75) is 38.5 Å². The van der Waals surface area contributed by atoms with Crippen LogP contribution in [0.1, 0.15) is 32.3 Å². The summed E-state index contributed by atoms with van der Waals surface area (Å²) in [4.78, 5) is 12.7. The van der Waals surface area contributed by atoms with Gasteiger partial charge in [-0.1, -0.05) is 19.9 Å². The average Bonchev–Trinajstić information content (AvgIpc) is 2.51. The van der Waals surface area contributed by atoms with Gasteiger partial charge in [-0.25, -0.2) is 13.1 Å². The van der Waals surface area contributed by atoms with Crippen LogP contribution >= 0.6 is 12.4 Å². The summed E-state index contributed by atoms with van der Waals surface area (Å²) in [5.74, 6) is -0.179. The van der Waals surface area contributed by atoms with Crippen molar-refractivity contribution >= 4 is 34.0 Å². The van der Waals surface area contributed by atoms with Crippen molar-refractivity contribution < 1.29 is 13.2 Å². The smallest absolute Gasteiger partial charge is 0.240 e. The number of carbonyl (C=O) groups excluding carboxylic acids is 1. The van der Waals surface area contributed by atoms with Gasteiger partial charge in [-0.3, -0.25) is 4.79 Å². The van der Waals surface area contributed by atoms with Gasteiger partial charge in [-0.15, -0.1) is 12.4 Å². The van der Waals surface area contributed by atoms with E-state index in [0.717, 1.165) is 0 Å². The molecule has 0 aliphatic heterocycles. The predicted octanol–water partition coefficient (Wildman–Crippen LogP) is 2.03. The summed E-state index contributed by atoms with van der Waals surface area (Å²) >= 11 is 0. The number of rotatable bonds is 7. The molecule has 0 aliphatic rings. The van der Waals surface area contributed by atoms with Gasteiger partial charge >= 0.3 is 0 Å². The normalized spacial score (nSPS) is 11.7. The van der Waals surface area contributed by atoms with Gasteiger partial charge < -0.3 is 11.1 Å². The zero-order chi connectivity index (χ0) is 17.0. The van der Waals surface area contributed by atoms with E-state index < -0.39 is 15.4 Å². The number of halogens is 1. The van der Waals surface area contributed by atoms with Crippen LogP contribution < -0.4 is 15.8 Å². The number of nitrogens with two attached hydrogens (primary N) is 1. The molecule has 0 aliphatic carbocycles. The maximum Gasteiger partial charge on any atom is 0.240 e. The summed E-state index contributed by atoms with van der Waals surface area (Å²) in [6, 6.07) is 4.80. The van der Waals surface area contributed by atoms with E-state index in [0.29, 0.717) is 24.1 Å². The molecule has 132 valence electrons. The number of benzene rings is 1. The van der Waals surface area contributed by atoms with E-state index in [-0.39, 0.29) is 29.8 Å². The lowest BCUT2D eigenvalue weighted by Crippen LogP contribution is -2.41. The molecule has 1 rings (SSSR count). The number of carbonyl (C=O) groups is 1. The Morgan fingerprint density at radius 2 is 1.83 bits per heavy atom. The molecule has 4 N–H and O–H groups in total. The fraction of sp³-hybridized carbons (Fsp3) is 0.533. The Balaban J connectivity index is 0.00000484. The maximum absolute atomic E-state index is 12.6. The Bertz CT molecular complexity index is 635. The van der Waals surface area contributed by atoms with Crippen LogP contribution in [-0.2, 0) is 14.8 Å². The van der Waals surface area contributed by atoms with E-state index >= 15 is 0 Å². The lowest BCUT2D eigenvalue weighted by molar-refractivity contribution is -0.125. The molecular weight excluding hydrogens is 338 g/mol. The fourth-order valence-electron chi connectivity index (χ4n) is 2.36. The van der Waals surface area contributed by atoms with Crippen molar-refractivity contribution in [1.82, 2.24) is 4.72 Å². The minimum atomic E-state index is -3.57. The lowest BCUT2D eigenvalue weighted by Gasteiger charge is -2.29. The average molecular weight is 364 g/mol. The van der Waals surface area contributed by atoms with E-state index in [4.69, 9.17) is 5.73 Å². The number of hydrogen-bond donors (Lipinski definition) is 3. The molecule has 0 unspecified atom stereocenters. The van der Waals surface area contributed by atoms with Gasteiger partial charge in [0, 0.05) is 12.2 Å². The number of hydrogen-bond acceptors (Lipinski definition) is 4. The fourth-order valence-corrected chi connectivity index (χ4v) is 3.35. The summed E-state index contributed by atoms with van der Waals surface area (Å²) in [7, 11) is -2.21. The van der Waals surface area contributed by atoms with E-state index in [9.17, 15) is 13.2 Å². The van der Waals surface area contributed by atoms with Gasteiger partial charge in [0.05, 0.1) is 10.3 Å². The van der Waals surface area contributed by atoms with Gasteiger partial charge in [-0.05, 0) is 44.5 Å². The molecule has 0 radical (unpaired) electrons. The third-order valence-corrected chi connectivity index (χ3v) is 5.88. The van der Waals surface area contributed by atoms with Crippen molar-refractivity contribution in [3.63, 3.8) is 0 Å². The summed E-state index contributed by atoms with van der Waals surface area (Å²) in [6.07, 6.45) is 1.25. The lowest BCUT2D eigenvalue weighted by atomic mass is 9.81. The first-order valence-corrected chi connectivity index (χ1v) is 8.81. The van der Waals surface area contributed by atoms with Crippen molar-refractivity contribution in [2.24, 2.45) is 11.1 Å². The van der Waals surface area contributed by atoms with Gasteiger partial charge in [0.2, 0.25) is 15.9 Å². The number of sulfonamides is 1. The Morgan fingerprint density at radius 1 is 1.26 bits per heavy atom. The molecule has 0 bridgehead atoms. The Kier molecular flexibility index (Phi) is 8.20. The second kappa shape index (κ2) is 8.63. The molecule has 0 fully saturated rings. The largest absolute Gasteiger partial charge is 0.329 e. The van der Waals surface area contributed by atoms with Crippen LogP contribution in [0.4, 0.5) is 5.69 Å². The van der Waals surface area contributed by atoms with E-state index in [2.05, 4.69) is 10.0 Å². The molecule has 23 heavy (non-hydrogen) atoms. The summed E-state index contributed by atoms with van der Waals surface area (Å²) in [6.45, 7) is 5.76. The zero-order valence-electron chi connectivity index (χ0n) is 14.0. The van der Waals surface area contributed by atoms with Crippen molar-refractivity contribution in [3.8, 4) is 0 Å². The number of amides is 1. The molecule has 0 heterocycles. The van der Waals surface area contributed by atoms with Gasteiger partial charge in [-0.2, -0.15) is 0 Å². The van der Waals surface area contributed by atoms with Gasteiger partial charge in [0.15, 0.2) is 0 Å². The first-order valence-electron chi connectivity index (χ1n) is 7.32. The maximum atomic E-state index is 12.6. The van der Waals surface area contributed by atoms with Crippen molar-refractivity contribution in [2.75, 3.05) is 18.9 Å². The molecular formula is C15H26ClN3O3S. The Morgan fingerprint density at radius 3 is 2.26 bits per heavy atom. The highest BCUT2D eigenvalue weighted by molar-refractivity contribution is 7.89. The van der Waals surface area contributed by atoms with Crippen LogP contribution in [0.3, 0.4) is 0 Å². The highest BCUT2D eigenvalue weighted by atomic mass is 35.5. The highest BCUT2D eigenvalue weighted by Crippen LogP contribution is 2.29. The van der Waals surface area contributed by atoms with Crippen LogP contribution in [0.25, 0.3) is 0 Å². The van der Waals surface area contributed by atoms with E-state index in [1.165, 1.54) is 13.1 Å². The standard InChI is InChI=1S/C15H25N3O3S.ClH/c1-5-15(6-2,10-16)14(19)18-12-8-7-9-13(11(12)3)22(20,21)17-4;/h7-9,17H,5-6,10,16H2,1-4H3,(H,18,19);1H. The monoisotopic (exact) mass is 363 g/mol. The zero-order valence-corrected chi connectivity index (χ0v) is 15.6. The number of nitrogens with one attached hydrogen (secondary N) is 2. The molecule has 0 saturated heterocycles. The summed E-state index contributed by atoms with van der Waals surface area (Å²) in [5, 5.41) is 2.83. The Labute approximate surface area is 144 Å². The third kappa shape index (κ3) is 4.44. The van der Waals surface area contributed by atoms with Gasteiger partial charge in [0.1, 0.15) is 0 Å². The second-order valence-electron chi connectivity index (χ2n) is 5.28. The highest BCUT2D eigenvalue weighted by Gasteiger charge is 2.33. The molecule has 6 nitrogen and oxygen atoms in total. The van der Waals surface area contributed by atoms with Crippen molar-refractivity contribution in [1.29, 1.82) is 0 Å². The van der Waals surface area contributed by atoms with Crippen LogP contribution in [-0.4, -0.2) is 27.9 Å². The first kappa shape index (κ1) is 21.9. The van der Waals surface area contributed by atoms with Crippen LogP contribution in [0, 0.1) is 12.3 Å². The minimum absolute atomic E-state index is 0. The molecule has 0 aromatic heterocycles. The molecule has 8 heteroatoms. The van der Waals surface area contributed by atoms with Crippen LogP contribution in [0.2, 0.25) is 0 Å². The Hall–Kier alpha value is -1.15. The summed E-state index contributed by atoms with van der Waals surface area (Å²) < 4.78 is 26.2. The van der Waals surface area contributed by atoms with Crippen LogP contribution in [0.5, 0.6) is 0 Å². The van der Waals surface area contributed by atoms with E-state index in [1.54, 1.807) is 19.1 Å². The molecule has 0 spiro atoms. The molecule has 1 aromatic carbocycles. The number of anilines is 1. The van der Waals surface area contributed by atoms with Gasteiger partial charge in [0.25, 0.3) is 0 Å². The van der Waals surface area contributed by atoms with Crippen molar-refractivity contribution in [3.05, 3.63) is 23.8 Å². The third-order valence-electron chi connectivity index (χ3n) is 4.32. The van der Waals surface area contributed by atoms with Crippen LogP contribution in [0.15, 0.2) is 23.1 Å². The second-order valence-corrected chi connectivity index (χ2v) is 7.14. The predicted molar refractivity (Wildman–Crippen MR) is 95.4 cm³/mol. The quantitative estimate of drug-likeness (QED) is 0.689. The molecule has 0 saturated carbocycles. The first-order chi connectivity index (χ1) is 10.3. The SMILES string of the molecule is CCC(CC)(CN)C(=O)Nc1cccc(S(=O)(=O)NC)c1C.Cl. The summed E-state index contributed by atoms with van der Waals surface area (Å²) in [5.41, 5.74) is 6.13. The molecule has 0 atom stereocenters. The minimum Gasteiger partial charge on any atom is -0.329 e. The molecule has 1 aromatic rings. The van der Waals surface area contributed by atoms with E-state index in [1.807, 2.05) is 13.8 Å².